The summed E-state index contributed by atoms with van der Waals surface area (Å²) in [6, 6.07) is 0. The Hall–Kier alpha value is -5.35. The van der Waals surface area contributed by atoms with Crippen LogP contribution in [0.3, 0.4) is 0 Å². The van der Waals surface area contributed by atoms with Gasteiger partial charge in [-0.15, -0.1) is 0 Å². The number of likely N-dealkylation sites (N-methyl/N-ethyl adjacent to an activating group) is 1. The predicted molar refractivity (Wildman–Crippen MR) is 388 cm³/mol. The number of hydrogen-bond acceptors (Lipinski definition) is 8. The molecule has 0 radical (unpaired) electrons. The van der Waals surface area contributed by atoms with Crippen LogP contribution in [0, 0.1) is 0 Å². The van der Waals surface area contributed by atoms with E-state index in [1.54, 1.807) is 0 Å². The topological polar surface area (TPSA) is 111 Å². The molecule has 0 rings (SSSR count). The Morgan fingerprint density at radius 2 is 0.626 bits per heavy atom. The van der Waals surface area contributed by atoms with Crippen LogP contribution in [0.5, 0.6) is 0 Å². The van der Waals surface area contributed by atoms with Crippen LogP contribution in [0.2, 0.25) is 0 Å². The van der Waals surface area contributed by atoms with Gasteiger partial charge in [0.2, 0.25) is 0 Å². The minimum Gasteiger partial charge on any atom is -0.545 e. The molecule has 0 aromatic carbocycles. The van der Waals surface area contributed by atoms with Crippen molar-refractivity contribution in [3.63, 3.8) is 0 Å². The summed E-state index contributed by atoms with van der Waals surface area (Å²) in [4.78, 5) is 37.5. The fraction of sp³-hybridized carbons (Fsp3) is 0.622. The number of esters is 2. The van der Waals surface area contributed by atoms with Crippen molar-refractivity contribution in [3.05, 3.63) is 170 Å². The maximum atomic E-state index is 12.9. The number of hydrogen-bond donors (Lipinski definition) is 0. The van der Waals surface area contributed by atoms with Gasteiger partial charge in [0.15, 0.2) is 12.4 Å². The summed E-state index contributed by atoms with van der Waals surface area (Å²) in [5.74, 6) is -2.35. The van der Waals surface area contributed by atoms with Gasteiger partial charge in [0.1, 0.15) is 13.2 Å². The number of rotatable bonds is 65. The number of unbranched alkanes of at least 4 members (excludes halogenated alkanes) is 22. The number of aliphatic carboxylic acids is 1. The molecule has 0 spiro atoms. The van der Waals surface area contributed by atoms with Gasteiger partial charge in [0, 0.05) is 12.8 Å². The third-order valence-electron chi connectivity index (χ3n) is 14.9. The normalized spacial score (nSPS) is 13.7. The molecule has 0 aliphatic rings. The first-order valence-corrected chi connectivity index (χ1v) is 36.3. The number of nitrogens with zero attached hydrogens (tertiary/aromatic N) is 1. The number of ether oxygens (including phenoxy) is 4. The lowest BCUT2D eigenvalue weighted by Gasteiger charge is -2.26. The predicted octanol–water partition coefficient (Wildman–Crippen LogP) is 21.7. The highest BCUT2D eigenvalue weighted by Crippen LogP contribution is 2.16. The zero-order chi connectivity index (χ0) is 66.1. The molecule has 2 atom stereocenters. The number of quaternary nitrogens is 1. The molecule has 91 heavy (non-hydrogen) atoms. The quantitative estimate of drug-likeness (QED) is 0.0195. The summed E-state index contributed by atoms with van der Waals surface area (Å²) in [6.45, 7) is 4.57. The lowest BCUT2D eigenvalue weighted by atomic mass is 10.0. The molecule has 514 valence electrons. The minimum absolute atomic E-state index is 0.131. The van der Waals surface area contributed by atoms with E-state index in [1.165, 1.54) is 122 Å². The van der Waals surface area contributed by atoms with E-state index in [1.807, 2.05) is 21.1 Å². The summed E-state index contributed by atoms with van der Waals surface area (Å²) in [6.07, 6.45) is 103. The van der Waals surface area contributed by atoms with E-state index in [9.17, 15) is 19.5 Å². The lowest BCUT2D eigenvalue weighted by molar-refractivity contribution is -0.870. The SMILES string of the molecule is CC/C=C\C/C=C\C/C=C\C/C=C\C/C=C\C/C=C\C/C=C\C/C=C\C/C=C\C/C=C\C/C=C\C/C=C\CCCCC(=O)OC(COC(=O)CCCCCCCCCCCCCCCCC/C=C\C/C=C\CCCCCCC)COC(OCC[N+](C)(C)C)C(=O)[O-]. The molecule has 9 heteroatoms. The molecule has 0 amide bonds. The molecule has 0 aromatic heterocycles. The summed E-state index contributed by atoms with van der Waals surface area (Å²) in [5, 5.41) is 11.8. The van der Waals surface area contributed by atoms with E-state index in [2.05, 4.69) is 184 Å². The van der Waals surface area contributed by atoms with E-state index in [0.29, 0.717) is 17.4 Å². The Morgan fingerprint density at radius 3 is 0.956 bits per heavy atom. The van der Waals surface area contributed by atoms with E-state index >= 15 is 0 Å². The molecular weight excluding hydrogens is 1130 g/mol. The first-order chi connectivity index (χ1) is 44.6. The molecule has 0 saturated carbocycles. The molecule has 9 nitrogen and oxygen atoms in total. The second-order valence-corrected chi connectivity index (χ2v) is 24.8. The van der Waals surface area contributed by atoms with Crippen LogP contribution in [0.1, 0.15) is 271 Å². The highest BCUT2D eigenvalue weighted by atomic mass is 16.7. The van der Waals surface area contributed by atoms with Gasteiger partial charge in [-0.1, -0.05) is 293 Å². The Bertz CT molecular complexity index is 2100. The van der Waals surface area contributed by atoms with Crippen molar-refractivity contribution in [1.82, 2.24) is 0 Å². The summed E-state index contributed by atoms with van der Waals surface area (Å²) >= 11 is 0. The molecule has 0 aliphatic carbocycles. The Balaban J connectivity index is 4.25. The third kappa shape index (κ3) is 71.9. The van der Waals surface area contributed by atoms with Crippen LogP contribution in [-0.4, -0.2) is 82.3 Å². The molecule has 0 aliphatic heterocycles. The summed E-state index contributed by atoms with van der Waals surface area (Å²) in [7, 11) is 5.91. The molecule has 2 unspecified atom stereocenters. The van der Waals surface area contributed by atoms with Crippen molar-refractivity contribution in [2.24, 2.45) is 0 Å². The number of carbonyl (C=O) groups excluding carboxylic acids is 3. The van der Waals surface area contributed by atoms with Gasteiger partial charge in [0.05, 0.1) is 40.3 Å². The van der Waals surface area contributed by atoms with Crippen molar-refractivity contribution in [3.8, 4) is 0 Å². The van der Waals surface area contributed by atoms with Crippen molar-refractivity contribution < 1.29 is 42.9 Å². The van der Waals surface area contributed by atoms with Crippen LogP contribution >= 0.6 is 0 Å². The fourth-order valence-electron chi connectivity index (χ4n) is 9.43. The van der Waals surface area contributed by atoms with Crippen LogP contribution in [0.15, 0.2) is 170 Å². The molecule has 0 saturated heterocycles. The van der Waals surface area contributed by atoms with Crippen LogP contribution in [0.4, 0.5) is 0 Å². The highest BCUT2D eigenvalue weighted by molar-refractivity contribution is 5.70. The summed E-state index contributed by atoms with van der Waals surface area (Å²) in [5.41, 5.74) is 0. The summed E-state index contributed by atoms with van der Waals surface area (Å²) < 4.78 is 22.7. The number of allylic oxidation sites excluding steroid dienone is 28. The molecular formula is C82H133NO8. The maximum absolute atomic E-state index is 12.9. The fourth-order valence-corrected chi connectivity index (χ4v) is 9.43. The second-order valence-electron chi connectivity index (χ2n) is 24.8. The van der Waals surface area contributed by atoms with Gasteiger partial charge in [0.25, 0.3) is 0 Å². The molecule has 0 heterocycles. The molecule has 0 aromatic rings. The van der Waals surface area contributed by atoms with Gasteiger partial charge in [-0.25, -0.2) is 0 Å². The van der Waals surface area contributed by atoms with Gasteiger partial charge in [-0.3, -0.25) is 9.59 Å². The standard InChI is InChI=1S/C82H133NO8/c1-6-8-10-12-14-16-18-20-22-24-26-28-30-32-34-35-36-37-38-39-40-41-42-43-44-45-47-49-51-53-55-57-59-61-63-65-67-69-71-73-80(85)91-78(77-90-82(81(86)87)88-75-74-83(3,4)5)76-89-79(84)72-70-68-66-64-62-60-58-56-54-52-50-48-46-33-31-29-27-25-23-21-19-17-15-13-11-9-7-2/h8,10,14,16,19-22,25-28,32,34,36-37,39-40,42-43,45,47,51,53,57,59,63,65,78,82H,6-7,9,11-13,15,17-18,23-24,29-31,33,35,38,41,44,46,48-50,52,54-56,58,60-62,64,66-77H2,1-5H3/b10-8-,16-14-,21-19-,22-20-,27-25-,28-26-,34-32-,37-36-,40-39-,43-42-,47-45-,53-51-,59-57-,65-63-. The number of carbonyl (C=O) groups is 3. The molecule has 0 bridgehead atoms. The zero-order valence-corrected chi connectivity index (χ0v) is 58.6. The van der Waals surface area contributed by atoms with Crippen LogP contribution in [0.25, 0.3) is 0 Å². The minimum atomic E-state index is -1.65. The Morgan fingerprint density at radius 1 is 0.341 bits per heavy atom. The largest absolute Gasteiger partial charge is 0.545 e. The smallest absolute Gasteiger partial charge is 0.306 e. The maximum Gasteiger partial charge on any atom is 0.306 e. The van der Waals surface area contributed by atoms with Crippen molar-refractivity contribution in [2.45, 2.75) is 283 Å². The van der Waals surface area contributed by atoms with Gasteiger partial charge < -0.3 is 33.3 Å². The van der Waals surface area contributed by atoms with Gasteiger partial charge >= 0.3 is 11.9 Å². The van der Waals surface area contributed by atoms with Crippen LogP contribution < -0.4 is 5.11 Å². The van der Waals surface area contributed by atoms with E-state index in [0.717, 1.165) is 116 Å². The van der Waals surface area contributed by atoms with E-state index in [-0.39, 0.29) is 38.6 Å². The van der Waals surface area contributed by atoms with E-state index in [4.69, 9.17) is 18.9 Å². The van der Waals surface area contributed by atoms with Gasteiger partial charge in [-0.05, 0) is 135 Å². The number of carboxylic acids is 1. The zero-order valence-electron chi connectivity index (χ0n) is 58.6. The monoisotopic (exact) mass is 1260 g/mol. The highest BCUT2D eigenvalue weighted by Gasteiger charge is 2.22. The Labute approximate surface area is 558 Å². The molecule has 0 N–H and O–H groups in total. The lowest BCUT2D eigenvalue weighted by Crippen LogP contribution is -2.44. The average molecular weight is 1260 g/mol. The Kier molecular flexibility index (Phi) is 66.4. The average Bonchev–Trinajstić information content (AvgIpc) is 3.46. The molecule has 0 fully saturated rings. The van der Waals surface area contributed by atoms with Crippen LogP contribution in [-0.2, 0) is 33.3 Å². The third-order valence-corrected chi connectivity index (χ3v) is 14.9. The first-order valence-electron chi connectivity index (χ1n) is 36.3. The second kappa shape index (κ2) is 70.5. The van der Waals surface area contributed by atoms with E-state index < -0.39 is 24.3 Å². The van der Waals surface area contributed by atoms with Crippen molar-refractivity contribution in [1.29, 1.82) is 0 Å². The van der Waals surface area contributed by atoms with Crippen molar-refractivity contribution in [2.75, 3.05) is 47.5 Å². The first kappa shape index (κ1) is 85.7. The van der Waals surface area contributed by atoms with Crippen molar-refractivity contribution >= 4 is 17.9 Å². The number of carboxylic acid groups (broad SMARTS) is 1. The van der Waals surface area contributed by atoms with Gasteiger partial charge in [-0.2, -0.15) is 0 Å².